The molecule has 2 amide bonds. The highest BCUT2D eigenvalue weighted by molar-refractivity contribution is 6.33. The van der Waals surface area contributed by atoms with Gasteiger partial charge in [0.2, 0.25) is 5.91 Å². The van der Waals surface area contributed by atoms with Gasteiger partial charge in [0.15, 0.2) is 0 Å². The van der Waals surface area contributed by atoms with Crippen LogP contribution in [0.1, 0.15) is 22.5 Å². The highest BCUT2D eigenvalue weighted by Gasteiger charge is 2.31. The molecule has 0 saturated carbocycles. The summed E-state index contributed by atoms with van der Waals surface area (Å²) < 4.78 is 18.4. The zero-order valence-electron chi connectivity index (χ0n) is 16.2. The van der Waals surface area contributed by atoms with E-state index in [1.165, 1.54) is 12.1 Å². The van der Waals surface area contributed by atoms with Crippen molar-refractivity contribution >= 4 is 29.1 Å². The first kappa shape index (κ1) is 20.1. The van der Waals surface area contributed by atoms with E-state index < -0.39 is 0 Å². The molecule has 1 N–H and O–H groups in total. The summed E-state index contributed by atoms with van der Waals surface area (Å²) in [4.78, 5) is 26.8. The van der Waals surface area contributed by atoms with Gasteiger partial charge in [0.1, 0.15) is 22.8 Å². The predicted octanol–water partition coefficient (Wildman–Crippen LogP) is 4.23. The van der Waals surface area contributed by atoms with Crippen molar-refractivity contribution in [2.45, 2.75) is 13.3 Å². The van der Waals surface area contributed by atoms with Crippen LogP contribution < -0.4 is 10.2 Å². The molecule has 1 unspecified atom stereocenters. The molecule has 2 aromatic carbocycles. The number of anilines is 1. The average molecular weight is 428 g/mol. The minimum Gasteiger partial charge on any atom is -0.360 e. The number of amides is 2. The first-order chi connectivity index (χ1) is 14.4. The molecule has 3 aromatic rings. The highest BCUT2D eigenvalue weighted by Crippen LogP contribution is 2.31. The van der Waals surface area contributed by atoms with Crippen molar-refractivity contribution in [2.75, 3.05) is 18.0 Å². The van der Waals surface area contributed by atoms with Gasteiger partial charge in [0.05, 0.1) is 5.02 Å². The van der Waals surface area contributed by atoms with E-state index in [0.717, 1.165) is 0 Å². The van der Waals surface area contributed by atoms with Crippen LogP contribution in [0, 0.1) is 18.7 Å². The summed E-state index contributed by atoms with van der Waals surface area (Å²) in [5.74, 6) is -0.420. The molecule has 1 atom stereocenters. The molecule has 0 spiro atoms. The van der Waals surface area contributed by atoms with Gasteiger partial charge in [-0.25, -0.2) is 4.39 Å². The van der Waals surface area contributed by atoms with Crippen LogP contribution in [-0.4, -0.2) is 30.1 Å². The lowest BCUT2D eigenvalue weighted by Crippen LogP contribution is -2.31. The van der Waals surface area contributed by atoms with Crippen molar-refractivity contribution in [1.29, 1.82) is 0 Å². The molecule has 1 aliphatic heterocycles. The summed E-state index contributed by atoms with van der Waals surface area (Å²) in [6.07, 6.45) is 0.303. The zero-order valence-corrected chi connectivity index (χ0v) is 16.9. The van der Waals surface area contributed by atoms with Gasteiger partial charge >= 0.3 is 0 Å². The smallest absolute Gasteiger partial charge is 0.257 e. The van der Waals surface area contributed by atoms with Gasteiger partial charge in [-0.2, -0.15) is 0 Å². The molecule has 0 bridgehead atoms. The van der Waals surface area contributed by atoms with E-state index >= 15 is 0 Å². The fraction of sp³-hybridized carbons (Fsp3) is 0.227. The van der Waals surface area contributed by atoms with Crippen molar-refractivity contribution < 1.29 is 18.5 Å². The lowest BCUT2D eigenvalue weighted by Gasteiger charge is -2.17. The van der Waals surface area contributed by atoms with Crippen LogP contribution in [0.4, 0.5) is 10.1 Å². The Balaban J connectivity index is 1.45. The number of hydrogen-bond donors (Lipinski definition) is 1. The maximum absolute atomic E-state index is 13.1. The van der Waals surface area contributed by atoms with Gasteiger partial charge in [-0.05, 0) is 37.3 Å². The van der Waals surface area contributed by atoms with Crippen molar-refractivity contribution in [2.24, 2.45) is 5.92 Å². The largest absolute Gasteiger partial charge is 0.360 e. The number of rotatable bonds is 5. The van der Waals surface area contributed by atoms with Crippen LogP contribution in [0.2, 0.25) is 5.02 Å². The Bertz CT molecular complexity index is 1100. The molecule has 1 fully saturated rings. The molecule has 6 nitrogen and oxygen atoms in total. The number of aryl methyl sites for hydroxylation is 1. The molecule has 2 heterocycles. The molecule has 30 heavy (non-hydrogen) atoms. The van der Waals surface area contributed by atoms with E-state index in [4.69, 9.17) is 16.1 Å². The van der Waals surface area contributed by atoms with Crippen molar-refractivity contribution in [3.05, 3.63) is 70.7 Å². The lowest BCUT2D eigenvalue weighted by molar-refractivity contribution is -0.117. The number of carbonyl (C=O) groups excluding carboxylic acids is 2. The molecule has 0 radical (unpaired) electrons. The SMILES string of the molecule is Cc1onc(-c2ccccc2Cl)c1C(=O)NCC1CC(=O)N(c2ccc(F)cc2)C1. The Morgan fingerprint density at radius 2 is 2.00 bits per heavy atom. The number of halogens is 2. The summed E-state index contributed by atoms with van der Waals surface area (Å²) in [6, 6.07) is 12.9. The summed E-state index contributed by atoms with van der Waals surface area (Å²) in [5, 5.41) is 7.35. The first-order valence-electron chi connectivity index (χ1n) is 9.49. The number of benzene rings is 2. The normalized spacial score (nSPS) is 16.2. The van der Waals surface area contributed by atoms with Crippen LogP contribution in [0.5, 0.6) is 0 Å². The quantitative estimate of drug-likeness (QED) is 0.661. The van der Waals surface area contributed by atoms with E-state index in [-0.39, 0.29) is 23.5 Å². The van der Waals surface area contributed by atoms with Gasteiger partial charge in [-0.3, -0.25) is 9.59 Å². The number of hydrogen-bond acceptors (Lipinski definition) is 4. The highest BCUT2D eigenvalue weighted by atomic mass is 35.5. The number of carbonyl (C=O) groups is 2. The lowest BCUT2D eigenvalue weighted by atomic mass is 10.0. The molecule has 1 aliphatic rings. The van der Waals surface area contributed by atoms with Crippen LogP contribution >= 0.6 is 11.6 Å². The van der Waals surface area contributed by atoms with Crippen LogP contribution in [0.15, 0.2) is 53.1 Å². The predicted molar refractivity (Wildman–Crippen MR) is 111 cm³/mol. The Morgan fingerprint density at radius 3 is 2.73 bits per heavy atom. The second kappa shape index (κ2) is 8.28. The van der Waals surface area contributed by atoms with Crippen molar-refractivity contribution in [3.63, 3.8) is 0 Å². The molecular formula is C22H19ClFN3O3. The molecule has 0 aliphatic carbocycles. The molecule has 154 valence electrons. The first-order valence-corrected chi connectivity index (χ1v) is 9.87. The van der Waals surface area contributed by atoms with Gasteiger partial charge in [-0.15, -0.1) is 0 Å². The molecule has 8 heteroatoms. The van der Waals surface area contributed by atoms with Crippen LogP contribution in [0.25, 0.3) is 11.3 Å². The Labute approximate surface area is 177 Å². The Hall–Kier alpha value is -3.19. The minimum atomic E-state index is -0.354. The number of aromatic nitrogens is 1. The summed E-state index contributed by atoms with van der Waals surface area (Å²) >= 11 is 6.25. The van der Waals surface area contributed by atoms with E-state index in [0.29, 0.717) is 52.8 Å². The molecule has 1 aromatic heterocycles. The Morgan fingerprint density at radius 1 is 1.27 bits per heavy atom. The minimum absolute atomic E-state index is 0.0567. The maximum Gasteiger partial charge on any atom is 0.257 e. The van der Waals surface area contributed by atoms with Gasteiger partial charge in [-0.1, -0.05) is 35.0 Å². The second-order valence-electron chi connectivity index (χ2n) is 7.20. The maximum atomic E-state index is 13.1. The fourth-order valence-electron chi connectivity index (χ4n) is 3.59. The molecular weight excluding hydrogens is 409 g/mol. The van der Waals surface area contributed by atoms with E-state index in [9.17, 15) is 14.0 Å². The topological polar surface area (TPSA) is 75.4 Å². The number of nitrogens with one attached hydrogen (secondary N) is 1. The van der Waals surface area contributed by atoms with Crippen LogP contribution in [0.3, 0.4) is 0 Å². The third-order valence-electron chi connectivity index (χ3n) is 5.11. The van der Waals surface area contributed by atoms with Gasteiger partial charge in [0, 0.05) is 36.7 Å². The van der Waals surface area contributed by atoms with E-state index in [1.54, 1.807) is 48.2 Å². The Kier molecular flexibility index (Phi) is 5.55. The van der Waals surface area contributed by atoms with Gasteiger partial charge < -0.3 is 14.7 Å². The zero-order chi connectivity index (χ0) is 21.3. The third-order valence-corrected chi connectivity index (χ3v) is 5.44. The average Bonchev–Trinajstić information content (AvgIpc) is 3.30. The fourth-order valence-corrected chi connectivity index (χ4v) is 3.82. The molecule has 1 saturated heterocycles. The van der Waals surface area contributed by atoms with Crippen LogP contribution in [-0.2, 0) is 4.79 Å². The van der Waals surface area contributed by atoms with E-state index in [2.05, 4.69) is 10.5 Å². The molecule has 4 rings (SSSR count). The van der Waals surface area contributed by atoms with E-state index in [1.807, 2.05) is 0 Å². The summed E-state index contributed by atoms with van der Waals surface area (Å²) in [5.41, 5.74) is 1.96. The van der Waals surface area contributed by atoms with Crippen molar-refractivity contribution in [1.82, 2.24) is 10.5 Å². The van der Waals surface area contributed by atoms with Crippen molar-refractivity contribution in [3.8, 4) is 11.3 Å². The standard InChI is InChI=1S/C22H19ClFN3O3/c1-13-20(21(26-30-13)17-4-2-3-5-18(17)23)22(29)25-11-14-10-19(28)27(12-14)16-8-6-15(24)7-9-16/h2-9,14H,10-12H2,1H3,(H,25,29). The third kappa shape index (κ3) is 3.93. The van der Waals surface area contributed by atoms with Gasteiger partial charge in [0.25, 0.3) is 5.91 Å². The summed E-state index contributed by atoms with van der Waals surface area (Å²) in [7, 11) is 0. The summed E-state index contributed by atoms with van der Waals surface area (Å²) in [6.45, 7) is 2.43. The monoisotopic (exact) mass is 427 g/mol. The number of nitrogens with zero attached hydrogens (tertiary/aromatic N) is 2. The second-order valence-corrected chi connectivity index (χ2v) is 7.61.